The van der Waals surface area contributed by atoms with E-state index in [-0.39, 0.29) is 0 Å². The molecule has 1 heterocycles. The average Bonchev–Trinajstić information content (AvgIpc) is 2.33. The molecule has 0 aliphatic carbocycles. The molecule has 1 aliphatic heterocycles. The van der Waals surface area contributed by atoms with E-state index in [0.29, 0.717) is 6.04 Å². The van der Waals surface area contributed by atoms with Gasteiger partial charge in [-0.2, -0.15) is 0 Å². The van der Waals surface area contributed by atoms with E-state index < -0.39 is 0 Å². The van der Waals surface area contributed by atoms with Gasteiger partial charge in [-0.15, -0.1) is 0 Å². The van der Waals surface area contributed by atoms with Gasteiger partial charge in [0.15, 0.2) is 0 Å². The number of piperidine rings is 1. The minimum Gasteiger partial charge on any atom is -0.314 e. The molecular formula is C16H25N. The summed E-state index contributed by atoms with van der Waals surface area (Å²) in [6.45, 7) is 5.96. The van der Waals surface area contributed by atoms with Crippen LogP contribution >= 0.6 is 0 Å². The fourth-order valence-electron chi connectivity index (χ4n) is 3.05. The van der Waals surface area contributed by atoms with E-state index in [9.17, 15) is 0 Å². The van der Waals surface area contributed by atoms with Crippen molar-refractivity contribution in [2.45, 2.75) is 45.6 Å². The van der Waals surface area contributed by atoms with Crippen molar-refractivity contribution in [2.75, 3.05) is 6.54 Å². The second kappa shape index (κ2) is 6.20. The molecule has 1 N–H and O–H groups in total. The van der Waals surface area contributed by atoms with Crippen LogP contribution in [0.1, 0.15) is 38.7 Å². The van der Waals surface area contributed by atoms with E-state index in [4.69, 9.17) is 0 Å². The van der Waals surface area contributed by atoms with Gasteiger partial charge in [0.05, 0.1) is 0 Å². The smallest absolute Gasteiger partial charge is 0.00671 e. The molecule has 2 rings (SSSR count). The first-order valence-corrected chi connectivity index (χ1v) is 7.03. The lowest BCUT2D eigenvalue weighted by Crippen LogP contribution is -2.39. The molecule has 0 radical (unpaired) electrons. The van der Waals surface area contributed by atoms with Crippen molar-refractivity contribution < 1.29 is 0 Å². The summed E-state index contributed by atoms with van der Waals surface area (Å²) in [6.07, 6.45) is 5.35. The summed E-state index contributed by atoms with van der Waals surface area (Å²) in [4.78, 5) is 0. The first-order chi connectivity index (χ1) is 8.25. The van der Waals surface area contributed by atoms with E-state index >= 15 is 0 Å². The van der Waals surface area contributed by atoms with Crippen LogP contribution in [0.15, 0.2) is 30.3 Å². The van der Waals surface area contributed by atoms with Gasteiger partial charge in [-0.05, 0) is 56.6 Å². The molecule has 17 heavy (non-hydrogen) atoms. The largest absolute Gasteiger partial charge is 0.314 e. The quantitative estimate of drug-likeness (QED) is 0.834. The van der Waals surface area contributed by atoms with Gasteiger partial charge in [-0.3, -0.25) is 0 Å². The topological polar surface area (TPSA) is 12.0 Å². The lowest BCUT2D eigenvalue weighted by molar-refractivity contribution is 0.250. The van der Waals surface area contributed by atoms with Crippen LogP contribution in [0.2, 0.25) is 0 Å². The maximum atomic E-state index is 3.60. The summed E-state index contributed by atoms with van der Waals surface area (Å²) in [6, 6.07) is 11.6. The lowest BCUT2D eigenvalue weighted by atomic mass is 9.82. The molecule has 0 aromatic heterocycles. The van der Waals surface area contributed by atoms with Crippen molar-refractivity contribution in [3.05, 3.63) is 35.9 Å². The highest BCUT2D eigenvalue weighted by Gasteiger charge is 2.22. The molecule has 1 aliphatic rings. The molecule has 3 unspecified atom stereocenters. The molecule has 0 saturated carbocycles. The van der Waals surface area contributed by atoms with Crippen LogP contribution in [0, 0.1) is 11.8 Å². The van der Waals surface area contributed by atoms with Gasteiger partial charge >= 0.3 is 0 Å². The zero-order chi connectivity index (χ0) is 12.1. The van der Waals surface area contributed by atoms with E-state index in [0.717, 1.165) is 11.8 Å². The number of hydrogen-bond donors (Lipinski definition) is 1. The first-order valence-electron chi connectivity index (χ1n) is 7.03. The van der Waals surface area contributed by atoms with Gasteiger partial charge < -0.3 is 5.32 Å². The van der Waals surface area contributed by atoms with Crippen molar-refractivity contribution in [1.29, 1.82) is 0 Å². The maximum absolute atomic E-state index is 3.60. The zero-order valence-electron chi connectivity index (χ0n) is 11.2. The Hall–Kier alpha value is -0.820. The molecule has 1 nitrogen and oxygen atoms in total. The molecule has 94 valence electrons. The Morgan fingerprint density at radius 1 is 1.29 bits per heavy atom. The lowest BCUT2D eigenvalue weighted by Gasteiger charge is -2.32. The number of benzene rings is 1. The normalized spacial score (nSPS) is 26.7. The van der Waals surface area contributed by atoms with E-state index in [1.807, 2.05) is 0 Å². The molecule has 0 bridgehead atoms. The van der Waals surface area contributed by atoms with E-state index in [1.54, 1.807) is 0 Å². The number of nitrogens with one attached hydrogen (secondary N) is 1. The summed E-state index contributed by atoms with van der Waals surface area (Å²) >= 11 is 0. The van der Waals surface area contributed by atoms with Crippen LogP contribution in [0.4, 0.5) is 0 Å². The van der Waals surface area contributed by atoms with Gasteiger partial charge in [-0.1, -0.05) is 37.3 Å². The average molecular weight is 231 g/mol. The van der Waals surface area contributed by atoms with Crippen LogP contribution in [0.3, 0.4) is 0 Å². The Morgan fingerprint density at radius 2 is 2.06 bits per heavy atom. The third-order valence-electron chi connectivity index (χ3n) is 4.06. The fourth-order valence-corrected chi connectivity index (χ4v) is 3.05. The minimum atomic E-state index is 0.710. The monoisotopic (exact) mass is 231 g/mol. The third-order valence-corrected chi connectivity index (χ3v) is 4.06. The van der Waals surface area contributed by atoms with Crippen molar-refractivity contribution in [3.63, 3.8) is 0 Å². The Morgan fingerprint density at radius 3 is 2.76 bits per heavy atom. The standard InChI is InChI=1S/C16H25N/c1-13(11-15-7-4-3-5-8-15)12-16-9-6-10-17-14(16)2/h3-5,7-8,13-14,16-17H,6,9-12H2,1-2H3. The Kier molecular flexibility index (Phi) is 4.61. The first kappa shape index (κ1) is 12.6. The van der Waals surface area contributed by atoms with E-state index in [1.165, 1.54) is 37.8 Å². The molecule has 3 atom stereocenters. The van der Waals surface area contributed by atoms with Crippen LogP contribution in [0.25, 0.3) is 0 Å². The summed E-state index contributed by atoms with van der Waals surface area (Å²) in [5.41, 5.74) is 1.48. The maximum Gasteiger partial charge on any atom is 0.00671 e. The van der Waals surface area contributed by atoms with Crippen LogP contribution in [-0.2, 0) is 6.42 Å². The van der Waals surface area contributed by atoms with Gasteiger partial charge in [-0.25, -0.2) is 0 Å². The van der Waals surface area contributed by atoms with Gasteiger partial charge in [0.2, 0.25) is 0 Å². The predicted molar refractivity (Wildman–Crippen MR) is 74.1 cm³/mol. The van der Waals surface area contributed by atoms with Crippen LogP contribution in [0.5, 0.6) is 0 Å². The molecule has 0 amide bonds. The van der Waals surface area contributed by atoms with Crippen molar-refractivity contribution in [2.24, 2.45) is 11.8 Å². The Labute approximate surface area is 106 Å². The van der Waals surface area contributed by atoms with Gasteiger partial charge in [0.1, 0.15) is 0 Å². The predicted octanol–water partition coefficient (Wildman–Crippen LogP) is 3.64. The number of hydrogen-bond acceptors (Lipinski definition) is 1. The summed E-state index contributed by atoms with van der Waals surface area (Å²) < 4.78 is 0. The molecule has 1 heteroatoms. The molecule has 0 spiro atoms. The zero-order valence-corrected chi connectivity index (χ0v) is 11.2. The second-order valence-corrected chi connectivity index (χ2v) is 5.68. The highest BCUT2D eigenvalue weighted by molar-refractivity contribution is 5.15. The number of rotatable bonds is 4. The summed E-state index contributed by atoms with van der Waals surface area (Å²) in [7, 11) is 0. The van der Waals surface area contributed by atoms with Gasteiger partial charge in [0, 0.05) is 6.04 Å². The van der Waals surface area contributed by atoms with Crippen molar-refractivity contribution in [1.82, 2.24) is 5.32 Å². The Bertz CT molecular complexity index is 320. The van der Waals surface area contributed by atoms with Gasteiger partial charge in [0.25, 0.3) is 0 Å². The fraction of sp³-hybridized carbons (Fsp3) is 0.625. The Balaban J connectivity index is 1.82. The van der Waals surface area contributed by atoms with Crippen molar-refractivity contribution >= 4 is 0 Å². The highest BCUT2D eigenvalue weighted by atomic mass is 14.9. The van der Waals surface area contributed by atoms with Crippen LogP contribution < -0.4 is 5.32 Å². The van der Waals surface area contributed by atoms with Crippen LogP contribution in [-0.4, -0.2) is 12.6 Å². The molecule has 1 aromatic carbocycles. The molecule has 1 saturated heterocycles. The molecular weight excluding hydrogens is 206 g/mol. The highest BCUT2D eigenvalue weighted by Crippen LogP contribution is 2.25. The molecule has 1 fully saturated rings. The second-order valence-electron chi connectivity index (χ2n) is 5.68. The third kappa shape index (κ3) is 3.85. The molecule has 1 aromatic rings. The van der Waals surface area contributed by atoms with Crippen molar-refractivity contribution in [3.8, 4) is 0 Å². The SMILES string of the molecule is CC(Cc1ccccc1)CC1CCCNC1C. The minimum absolute atomic E-state index is 0.710. The summed E-state index contributed by atoms with van der Waals surface area (Å²) in [5, 5.41) is 3.60. The van der Waals surface area contributed by atoms with E-state index in [2.05, 4.69) is 49.5 Å². The summed E-state index contributed by atoms with van der Waals surface area (Å²) in [5.74, 6) is 1.67.